The largest absolute Gasteiger partial charge is 0.378 e. The highest BCUT2D eigenvalue weighted by molar-refractivity contribution is 5.12. The molecule has 3 nitrogen and oxygen atoms in total. The maximum absolute atomic E-state index is 9.18. The fourth-order valence-corrected chi connectivity index (χ4v) is 2.20. The van der Waals surface area contributed by atoms with Gasteiger partial charge in [0.2, 0.25) is 0 Å². The van der Waals surface area contributed by atoms with E-state index in [9.17, 15) is 5.26 Å². The van der Waals surface area contributed by atoms with Crippen LogP contribution in [0.1, 0.15) is 40.0 Å². The highest BCUT2D eigenvalue weighted by atomic mass is 16.5. The molecule has 2 unspecified atom stereocenters. The third-order valence-corrected chi connectivity index (χ3v) is 2.65. The van der Waals surface area contributed by atoms with Gasteiger partial charge < -0.3 is 4.74 Å². The van der Waals surface area contributed by atoms with E-state index in [1.165, 1.54) is 0 Å². The van der Waals surface area contributed by atoms with Crippen LogP contribution in [0.25, 0.3) is 0 Å². The zero-order chi connectivity index (χ0) is 10.6. The molecule has 0 aromatic carbocycles. The van der Waals surface area contributed by atoms with Crippen molar-refractivity contribution in [3.05, 3.63) is 0 Å². The Hall–Kier alpha value is -0.590. The van der Waals surface area contributed by atoms with E-state index in [2.05, 4.69) is 25.2 Å². The molecule has 1 saturated carbocycles. The summed E-state index contributed by atoms with van der Waals surface area (Å²) in [6.45, 7) is 6.90. The summed E-state index contributed by atoms with van der Waals surface area (Å²) in [4.78, 5) is 0. The molecule has 0 amide bonds. The topological polar surface area (TPSA) is 45.0 Å². The molecule has 80 valence electrons. The van der Waals surface area contributed by atoms with E-state index in [0.29, 0.717) is 6.04 Å². The SMILES string of the molecule is CCOC1CCC(C#N)(NC(C)C)C1. The lowest BCUT2D eigenvalue weighted by molar-refractivity contribution is 0.0641. The Morgan fingerprint density at radius 2 is 2.36 bits per heavy atom. The van der Waals surface area contributed by atoms with Crippen molar-refractivity contribution < 1.29 is 4.74 Å². The monoisotopic (exact) mass is 196 g/mol. The van der Waals surface area contributed by atoms with Crippen molar-refractivity contribution in [2.24, 2.45) is 0 Å². The van der Waals surface area contributed by atoms with Gasteiger partial charge in [-0.25, -0.2) is 0 Å². The number of nitrogens with zero attached hydrogens (tertiary/aromatic N) is 1. The molecule has 0 bridgehead atoms. The van der Waals surface area contributed by atoms with Crippen LogP contribution in [-0.2, 0) is 4.74 Å². The summed E-state index contributed by atoms with van der Waals surface area (Å²) in [5.41, 5.74) is -0.339. The van der Waals surface area contributed by atoms with Gasteiger partial charge in [-0.2, -0.15) is 5.26 Å². The minimum absolute atomic E-state index is 0.269. The molecule has 1 aliphatic rings. The van der Waals surface area contributed by atoms with Gasteiger partial charge in [-0.3, -0.25) is 5.32 Å². The molecule has 0 spiro atoms. The average molecular weight is 196 g/mol. The van der Waals surface area contributed by atoms with Gasteiger partial charge >= 0.3 is 0 Å². The van der Waals surface area contributed by atoms with Gasteiger partial charge in [0.05, 0.1) is 12.2 Å². The van der Waals surface area contributed by atoms with Gasteiger partial charge in [0.15, 0.2) is 0 Å². The molecule has 0 saturated heterocycles. The van der Waals surface area contributed by atoms with E-state index in [1.807, 2.05) is 6.92 Å². The Morgan fingerprint density at radius 3 is 2.86 bits per heavy atom. The van der Waals surface area contributed by atoms with Gasteiger partial charge in [0.25, 0.3) is 0 Å². The quantitative estimate of drug-likeness (QED) is 0.746. The Kier molecular flexibility index (Phi) is 3.91. The second kappa shape index (κ2) is 4.77. The first kappa shape index (κ1) is 11.5. The Bertz CT molecular complexity index is 222. The van der Waals surface area contributed by atoms with Crippen LogP contribution in [0.2, 0.25) is 0 Å². The second-order valence-electron chi connectivity index (χ2n) is 4.31. The molecule has 0 heterocycles. The number of hydrogen-bond acceptors (Lipinski definition) is 3. The molecule has 3 heteroatoms. The lowest BCUT2D eigenvalue weighted by Gasteiger charge is -2.25. The lowest BCUT2D eigenvalue weighted by Crippen LogP contribution is -2.45. The van der Waals surface area contributed by atoms with Crippen LogP contribution >= 0.6 is 0 Å². The maximum atomic E-state index is 9.18. The zero-order valence-electron chi connectivity index (χ0n) is 9.34. The molecule has 14 heavy (non-hydrogen) atoms. The van der Waals surface area contributed by atoms with Gasteiger partial charge in [-0.05, 0) is 33.6 Å². The van der Waals surface area contributed by atoms with Crippen molar-refractivity contribution in [2.45, 2.75) is 57.7 Å². The van der Waals surface area contributed by atoms with E-state index in [0.717, 1.165) is 25.9 Å². The third-order valence-electron chi connectivity index (χ3n) is 2.65. The summed E-state index contributed by atoms with van der Waals surface area (Å²) < 4.78 is 5.55. The first-order valence-corrected chi connectivity index (χ1v) is 5.42. The van der Waals surface area contributed by atoms with Crippen LogP contribution in [0.4, 0.5) is 0 Å². The Morgan fingerprint density at radius 1 is 1.64 bits per heavy atom. The Balaban J connectivity index is 2.53. The molecular weight excluding hydrogens is 176 g/mol. The first-order chi connectivity index (χ1) is 6.62. The number of rotatable bonds is 4. The van der Waals surface area contributed by atoms with Crippen molar-refractivity contribution in [3.8, 4) is 6.07 Å². The fraction of sp³-hybridized carbons (Fsp3) is 0.909. The van der Waals surface area contributed by atoms with Crippen molar-refractivity contribution in [1.82, 2.24) is 5.32 Å². The van der Waals surface area contributed by atoms with Crippen molar-refractivity contribution >= 4 is 0 Å². The van der Waals surface area contributed by atoms with E-state index >= 15 is 0 Å². The third kappa shape index (κ3) is 2.70. The number of nitriles is 1. The van der Waals surface area contributed by atoms with E-state index in [1.54, 1.807) is 0 Å². The average Bonchev–Trinajstić information content (AvgIpc) is 2.49. The molecule has 0 aromatic rings. The van der Waals surface area contributed by atoms with Crippen LogP contribution in [-0.4, -0.2) is 24.3 Å². The molecule has 0 aromatic heterocycles. The predicted octanol–water partition coefficient (Wildman–Crippen LogP) is 1.84. The Labute approximate surface area is 86.4 Å². The van der Waals surface area contributed by atoms with Crippen molar-refractivity contribution in [1.29, 1.82) is 5.26 Å². The second-order valence-corrected chi connectivity index (χ2v) is 4.31. The molecule has 1 N–H and O–H groups in total. The molecular formula is C11H20N2O. The van der Waals surface area contributed by atoms with Crippen LogP contribution in [0.3, 0.4) is 0 Å². The fourth-order valence-electron chi connectivity index (χ4n) is 2.20. The maximum Gasteiger partial charge on any atom is 0.109 e. The number of ether oxygens (including phenoxy) is 1. The lowest BCUT2D eigenvalue weighted by atomic mass is 9.98. The van der Waals surface area contributed by atoms with E-state index in [4.69, 9.17) is 4.74 Å². The van der Waals surface area contributed by atoms with Crippen LogP contribution in [0.5, 0.6) is 0 Å². The molecule has 1 fully saturated rings. The van der Waals surface area contributed by atoms with Crippen molar-refractivity contribution in [3.63, 3.8) is 0 Å². The summed E-state index contributed by atoms with van der Waals surface area (Å²) >= 11 is 0. The van der Waals surface area contributed by atoms with Crippen LogP contribution in [0, 0.1) is 11.3 Å². The first-order valence-electron chi connectivity index (χ1n) is 5.42. The smallest absolute Gasteiger partial charge is 0.109 e. The van der Waals surface area contributed by atoms with E-state index in [-0.39, 0.29) is 11.6 Å². The number of hydrogen-bond donors (Lipinski definition) is 1. The van der Waals surface area contributed by atoms with Gasteiger partial charge in [0.1, 0.15) is 5.54 Å². The normalized spacial score (nSPS) is 32.1. The molecule has 2 atom stereocenters. The van der Waals surface area contributed by atoms with Gasteiger partial charge in [-0.15, -0.1) is 0 Å². The molecule has 0 radical (unpaired) electrons. The minimum atomic E-state index is -0.339. The van der Waals surface area contributed by atoms with Crippen LogP contribution < -0.4 is 5.32 Å². The minimum Gasteiger partial charge on any atom is -0.378 e. The van der Waals surface area contributed by atoms with Crippen LogP contribution in [0.15, 0.2) is 0 Å². The van der Waals surface area contributed by atoms with E-state index < -0.39 is 0 Å². The summed E-state index contributed by atoms with van der Waals surface area (Å²) in [5.74, 6) is 0. The molecule has 0 aliphatic heterocycles. The standard InChI is InChI=1S/C11H20N2O/c1-4-14-10-5-6-11(7-10,8-12)13-9(2)3/h9-10,13H,4-7H2,1-3H3. The summed E-state index contributed by atoms with van der Waals surface area (Å²) in [6, 6.07) is 2.76. The zero-order valence-corrected chi connectivity index (χ0v) is 9.34. The van der Waals surface area contributed by atoms with Crippen molar-refractivity contribution in [2.75, 3.05) is 6.61 Å². The van der Waals surface area contributed by atoms with Gasteiger partial charge in [0, 0.05) is 19.1 Å². The number of nitrogens with one attached hydrogen (secondary N) is 1. The summed E-state index contributed by atoms with van der Waals surface area (Å²) in [5, 5.41) is 12.5. The van der Waals surface area contributed by atoms with Gasteiger partial charge in [-0.1, -0.05) is 0 Å². The highest BCUT2D eigenvalue weighted by Gasteiger charge is 2.39. The summed E-state index contributed by atoms with van der Waals surface area (Å²) in [6.07, 6.45) is 3.01. The molecule has 1 rings (SSSR count). The predicted molar refractivity (Wildman–Crippen MR) is 55.9 cm³/mol. The summed E-state index contributed by atoms with van der Waals surface area (Å²) in [7, 11) is 0. The molecule has 1 aliphatic carbocycles. The highest BCUT2D eigenvalue weighted by Crippen LogP contribution is 2.31.